The topological polar surface area (TPSA) is 116 Å². The summed E-state index contributed by atoms with van der Waals surface area (Å²) in [5.74, 6) is -2.47. The average Bonchev–Trinajstić information content (AvgIpc) is 3.53. The van der Waals surface area contributed by atoms with E-state index >= 15 is 4.39 Å². The van der Waals surface area contributed by atoms with Crippen molar-refractivity contribution in [3.05, 3.63) is 41.8 Å². The number of rotatable bonds is 9. The molecule has 3 aromatic rings. The summed E-state index contributed by atoms with van der Waals surface area (Å²) in [4.78, 5) is 15.9. The van der Waals surface area contributed by atoms with Crippen molar-refractivity contribution in [2.75, 3.05) is 0 Å². The second-order valence-electron chi connectivity index (χ2n) is 8.58. The third kappa shape index (κ3) is 5.51. The molecule has 2 heterocycles. The molecule has 0 radical (unpaired) electrons. The van der Waals surface area contributed by atoms with Crippen LogP contribution >= 0.6 is 0 Å². The largest absolute Gasteiger partial charge is 0.435 e. The summed E-state index contributed by atoms with van der Waals surface area (Å²) < 4.78 is 111. The van der Waals surface area contributed by atoms with Crippen LogP contribution in [0.4, 0.5) is 26.3 Å². The highest BCUT2D eigenvalue weighted by atomic mass is 32.2. The Balaban J connectivity index is 1.86. The van der Waals surface area contributed by atoms with E-state index in [0.717, 1.165) is 37.2 Å². The molecule has 1 atom stereocenters. The predicted molar refractivity (Wildman–Crippen MR) is 119 cm³/mol. The molecule has 4 rings (SSSR count). The molecule has 8 nitrogen and oxygen atoms in total. The first kappa shape index (κ1) is 26.7. The third-order valence-corrected chi connectivity index (χ3v) is 7.34. The Hall–Kier alpha value is -3.33. The van der Waals surface area contributed by atoms with Crippen LogP contribution in [0.5, 0.6) is 5.75 Å². The molecule has 0 aliphatic heterocycles. The molecule has 1 fully saturated rings. The molecule has 0 bridgehead atoms. The Morgan fingerprint density at radius 2 is 1.95 bits per heavy atom. The van der Waals surface area contributed by atoms with Crippen molar-refractivity contribution in [1.29, 1.82) is 0 Å². The zero-order chi connectivity index (χ0) is 27.3. The second-order valence-corrected chi connectivity index (χ2v) is 10.3. The van der Waals surface area contributed by atoms with Gasteiger partial charge in [-0.25, -0.2) is 12.8 Å². The molecule has 1 aliphatic rings. The van der Waals surface area contributed by atoms with Gasteiger partial charge in [-0.05, 0) is 37.8 Å². The molecule has 3 N–H and O–H groups in total. The lowest BCUT2D eigenvalue weighted by molar-refractivity contribution is -0.147. The summed E-state index contributed by atoms with van der Waals surface area (Å²) in [5, 5.41) is -0.260. The number of carbonyl (C=O) groups excluding carboxylic acids is 1. The molecule has 1 aliphatic carbocycles. The molecule has 15 heteroatoms. The van der Waals surface area contributed by atoms with Crippen molar-refractivity contribution in [3.8, 4) is 17.1 Å². The number of halogens is 6. The van der Waals surface area contributed by atoms with Gasteiger partial charge in [0.1, 0.15) is 22.5 Å². The van der Waals surface area contributed by atoms with Crippen molar-refractivity contribution < 1.29 is 44.3 Å². The van der Waals surface area contributed by atoms with Crippen LogP contribution in [0.1, 0.15) is 30.1 Å². The van der Waals surface area contributed by atoms with E-state index in [2.05, 4.69) is 9.72 Å². The summed E-state index contributed by atoms with van der Waals surface area (Å²) in [6, 6.07) is 1.55. The lowest BCUT2D eigenvalue weighted by Gasteiger charge is -2.17. The normalized spacial score (nSPS) is 15.4. The van der Waals surface area contributed by atoms with Crippen molar-refractivity contribution in [1.82, 2.24) is 14.3 Å². The molecule has 2 aromatic heterocycles. The standard InChI is InChI=1S/C22H20F6N4O4S/c1-10(22(26,27)28)31-37(34,35)13-4-5-15(30-8-13)19-18(20(29)33)17-14(23)6-12(36-21(24)25)7-16(17)32(19)9-11-2-3-11/h4-8,10-11,21,31H,2-3,9H2,1H3,(H2,29,33). The fourth-order valence-electron chi connectivity index (χ4n) is 3.87. The minimum Gasteiger partial charge on any atom is -0.435 e. The molecule has 1 saturated carbocycles. The number of primary amides is 1. The molecule has 200 valence electrons. The molecule has 37 heavy (non-hydrogen) atoms. The highest BCUT2D eigenvalue weighted by Gasteiger charge is 2.39. The number of ether oxygens (including phenoxy) is 1. The van der Waals surface area contributed by atoms with Gasteiger partial charge in [0, 0.05) is 30.3 Å². The molecule has 1 amide bonds. The molecular weight excluding hydrogens is 530 g/mol. The van der Waals surface area contributed by atoms with Gasteiger partial charge in [0.25, 0.3) is 5.91 Å². The lowest BCUT2D eigenvalue weighted by Crippen LogP contribution is -2.42. The summed E-state index contributed by atoms with van der Waals surface area (Å²) in [6.07, 6.45) is -2.41. The third-order valence-electron chi connectivity index (χ3n) is 5.81. The Kier molecular flexibility index (Phi) is 6.88. The zero-order valence-corrected chi connectivity index (χ0v) is 19.8. The van der Waals surface area contributed by atoms with Crippen molar-refractivity contribution >= 4 is 26.8 Å². The summed E-state index contributed by atoms with van der Waals surface area (Å²) >= 11 is 0. The monoisotopic (exact) mass is 550 g/mol. The summed E-state index contributed by atoms with van der Waals surface area (Å²) in [5.41, 5.74) is 5.23. The lowest BCUT2D eigenvalue weighted by atomic mass is 10.1. The summed E-state index contributed by atoms with van der Waals surface area (Å²) in [7, 11) is -4.61. The minimum atomic E-state index is -4.82. The number of alkyl halides is 5. The molecule has 0 saturated heterocycles. The zero-order valence-electron chi connectivity index (χ0n) is 19.0. The number of aromatic nitrogens is 2. The van der Waals surface area contributed by atoms with E-state index in [1.54, 1.807) is 0 Å². The SMILES string of the molecule is CC(NS(=O)(=O)c1ccc(-c2c(C(N)=O)c3c(F)cc(OC(F)F)cc3n2CC2CC2)nc1)C(F)(F)F. The van der Waals surface area contributed by atoms with Gasteiger partial charge in [0.15, 0.2) is 0 Å². The van der Waals surface area contributed by atoms with Gasteiger partial charge in [-0.1, -0.05) is 0 Å². The minimum absolute atomic E-state index is 0.00284. The summed E-state index contributed by atoms with van der Waals surface area (Å²) in [6.45, 7) is -2.36. The highest BCUT2D eigenvalue weighted by molar-refractivity contribution is 7.89. The number of fused-ring (bicyclic) bond motifs is 1. The van der Waals surface area contributed by atoms with Crippen molar-refractivity contribution in [2.45, 2.75) is 50.0 Å². The first-order valence-corrected chi connectivity index (χ1v) is 12.3. The number of benzene rings is 1. The van der Waals surface area contributed by atoms with Crippen LogP contribution in [0.25, 0.3) is 22.3 Å². The maximum atomic E-state index is 15.1. The maximum absolute atomic E-state index is 15.1. The van der Waals surface area contributed by atoms with E-state index in [4.69, 9.17) is 5.73 Å². The second kappa shape index (κ2) is 9.52. The number of nitrogens with one attached hydrogen (secondary N) is 1. The molecule has 0 spiro atoms. The number of nitrogens with two attached hydrogens (primary N) is 1. The average molecular weight is 550 g/mol. The fraction of sp³-hybridized carbons (Fsp3) is 0.364. The molecular formula is C22H20F6N4O4S. The van der Waals surface area contributed by atoms with E-state index in [0.29, 0.717) is 13.0 Å². The quantitative estimate of drug-likeness (QED) is 0.388. The number of nitrogens with zero attached hydrogens (tertiary/aromatic N) is 2. The Morgan fingerprint density at radius 1 is 1.27 bits per heavy atom. The fourth-order valence-corrected chi connectivity index (χ4v) is 5.05. The van der Waals surface area contributed by atoms with Crippen LogP contribution in [-0.2, 0) is 16.6 Å². The van der Waals surface area contributed by atoms with Crippen molar-refractivity contribution in [3.63, 3.8) is 0 Å². The highest BCUT2D eigenvalue weighted by Crippen LogP contribution is 2.40. The van der Waals surface area contributed by atoms with Crippen LogP contribution in [0.2, 0.25) is 0 Å². The van der Waals surface area contributed by atoms with Crippen LogP contribution in [0, 0.1) is 11.7 Å². The first-order valence-electron chi connectivity index (χ1n) is 10.8. The van der Waals surface area contributed by atoms with Crippen LogP contribution in [-0.4, -0.2) is 42.7 Å². The number of carbonyl (C=O) groups is 1. The van der Waals surface area contributed by atoms with E-state index in [9.17, 15) is 35.2 Å². The Bertz CT molecular complexity index is 1450. The van der Waals surface area contributed by atoms with Gasteiger partial charge in [-0.3, -0.25) is 9.78 Å². The Labute approximate surface area is 206 Å². The number of sulfonamides is 1. The van der Waals surface area contributed by atoms with Gasteiger partial charge in [0.2, 0.25) is 10.0 Å². The van der Waals surface area contributed by atoms with E-state index in [1.807, 2.05) is 0 Å². The van der Waals surface area contributed by atoms with Gasteiger partial charge in [0.05, 0.1) is 22.5 Å². The van der Waals surface area contributed by atoms with E-state index < -0.39 is 51.2 Å². The smallest absolute Gasteiger partial charge is 0.404 e. The van der Waals surface area contributed by atoms with Gasteiger partial charge in [-0.15, -0.1) is 0 Å². The first-order chi connectivity index (χ1) is 17.2. The number of hydrogen-bond donors (Lipinski definition) is 2. The van der Waals surface area contributed by atoms with Crippen LogP contribution in [0.15, 0.2) is 35.4 Å². The van der Waals surface area contributed by atoms with Gasteiger partial charge in [-0.2, -0.15) is 26.7 Å². The van der Waals surface area contributed by atoms with Gasteiger partial charge < -0.3 is 15.0 Å². The Morgan fingerprint density at radius 3 is 2.46 bits per heavy atom. The van der Waals surface area contributed by atoms with Crippen LogP contribution in [0.3, 0.4) is 0 Å². The van der Waals surface area contributed by atoms with E-state index in [1.165, 1.54) is 9.29 Å². The van der Waals surface area contributed by atoms with Crippen molar-refractivity contribution in [2.24, 2.45) is 11.7 Å². The number of pyridine rings is 1. The van der Waals surface area contributed by atoms with Gasteiger partial charge >= 0.3 is 12.8 Å². The number of amides is 1. The maximum Gasteiger partial charge on any atom is 0.404 e. The van der Waals surface area contributed by atoms with Crippen LogP contribution < -0.4 is 15.2 Å². The molecule has 1 unspecified atom stereocenters. The molecule has 1 aromatic carbocycles. The van der Waals surface area contributed by atoms with E-state index in [-0.39, 0.29) is 40.3 Å². The number of hydrogen-bond acceptors (Lipinski definition) is 5. The predicted octanol–water partition coefficient (Wildman–Crippen LogP) is 4.18.